The van der Waals surface area contributed by atoms with Crippen LogP contribution < -0.4 is 0 Å². The summed E-state index contributed by atoms with van der Waals surface area (Å²) in [5.74, 6) is 0. The van der Waals surface area contributed by atoms with Crippen molar-refractivity contribution in [3.05, 3.63) is 0 Å². The summed E-state index contributed by atoms with van der Waals surface area (Å²) in [5.41, 5.74) is 0. The van der Waals surface area contributed by atoms with Crippen LogP contribution in [0.2, 0.25) is 0 Å². The molecule has 0 aromatic carbocycles. The topological polar surface area (TPSA) is 20.2 Å². The Labute approximate surface area is 69.0 Å². The van der Waals surface area contributed by atoms with Gasteiger partial charge in [-0.1, -0.05) is 6.92 Å². The lowest BCUT2D eigenvalue weighted by molar-refractivity contribution is -0.153. The van der Waals surface area contributed by atoms with Gasteiger partial charge in [0.25, 0.3) is 0 Å². The van der Waals surface area contributed by atoms with E-state index in [0.717, 1.165) is 0 Å². The zero-order valence-electron chi connectivity index (χ0n) is 6.10. The monoisotopic (exact) mass is 188 g/mol. The highest BCUT2D eigenvalue weighted by atomic mass is 32.1. The highest BCUT2D eigenvalue weighted by Crippen LogP contribution is 2.23. The number of hydrogen-bond acceptors (Lipinski definition) is 2. The van der Waals surface area contributed by atoms with Crippen molar-refractivity contribution in [1.29, 1.82) is 0 Å². The molecule has 1 unspecified atom stereocenters. The molecule has 5 heteroatoms. The molecule has 0 saturated heterocycles. The van der Waals surface area contributed by atoms with Crippen molar-refractivity contribution >= 4 is 12.6 Å². The van der Waals surface area contributed by atoms with Crippen LogP contribution in [0, 0.1) is 0 Å². The van der Waals surface area contributed by atoms with E-state index in [0.29, 0.717) is 0 Å². The number of halogens is 3. The Morgan fingerprint density at radius 2 is 1.91 bits per heavy atom. The molecule has 2 atom stereocenters. The fraction of sp³-hybridized carbons (Fsp3) is 1.00. The van der Waals surface area contributed by atoms with Gasteiger partial charge in [-0.15, -0.1) is 0 Å². The summed E-state index contributed by atoms with van der Waals surface area (Å²) in [5, 5.41) is 8.58. The first-order valence-electron chi connectivity index (χ1n) is 3.24. The molecule has 0 spiro atoms. The zero-order chi connectivity index (χ0) is 9.07. The van der Waals surface area contributed by atoms with E-state index in [1.54, 1.807) is 6.92 Å². The number of thiol groups is 1. The number of aliphatic hydroxyl groups is 1. The van der Waals surface area contributed by atoms with Gasteiger partial charge in [0.05, 0.1) is 12.5 Å². The molecule has 0 bridgehead atoms. The Morgan fingerprint density at radius 3 is 2.18 bits per heavy atom. The van der Waals surface area contributed by atoms with E-state index < -0.39 is 18.7 Å². The summed E-state index contributed by atoms with van der Waals surface area (Å²) in [7, 11) is 0. The predicted molar refractivity (Wildman–Crippen MR) is 39.7 cm³/mol. The van der Waals surface area contributed by atoms with Crippen molar-refractivity contribution < 1.29 is 18.3 Å². The summed E-state index contributed by atoms with van der Waals surface area (Å²) >= 11 is 3.86. The Kier molecular flexibility index (Phi) is 4.25. The van der Waals surface area contributed by atoms with E-state index in [2.05, 4.69) is 12.6 Å². The highest BCUT2D eigenvalue weighted by Gasteiger charge is 2.31. The third-order valence-corrected chi connectivity index (χ3v) is 1.29. The molecule has 0 aromatic rings. The predicted octanol–water partition coefficient (Wildman–Crippen LogP) is 2.01. The van der Waals surface area contributed by atoms with Crippen molar-refractivity contribution in [2.45, 2.75) is 37.3 Å². The molecule has 0 aliphatic carbocycles. The summed E-state index contributed by atoms with van der Waals surface area (Å²) in [6, 6.07) is 0. The van der Waals surface area contributed by atoms with Crippen LogP contribution in [-0.4, -0.2) is 22.6 Å². The van der Waals surface area contributed by atoms with Gasteiger partial charge in [0.15, 0.2) is 0 Å². The van der Waals surface area contributed by atoms with E-state index in [9.17, 15) is 13.2 Å². The van der Waals surface area contributed by atoms with Crippen LogP contribution in [-0.2, 0) is 0 Å². The maximum absolute atomic E-state index is 11.6. The van der Waals surface area contributed by atoms with Gasteiger partial charge < -0.3 is 5.11 Å². The molecule has 11 heavy (non-hydrogen) atoms. The van der Waals surface area contributed by atoms with E-state index in [4.69, 9.17) is 5.11 Å². The summed E-state index contributed by atoms with van der Waals surface area (Å²) in [4.78, 5) is 0. The molecule has 1 nitrogen and oxygen atoms in total. The van der Waals surface area contributed by atoms with Gasteiger partial charge in [-0.25, -0.2) is 0 Å². The largest absolute Gasteiger partial charge is 0.393 e. The standard InChI is InChI=1S/C6H11F3OS/c1-4(11)2-5(10)3-6(7,8)9/h4-5,10-11H,2-3H2,1H3/t4?,5-/m1/s1. The minimum absolute atomic E-state index is 0.0720. The molecule has 0 radical (unpaired) electrons. The number of hydrogen-bond donors (Lipinski definition) is 2. The SMILES string of the molecule is CC(S)C[C@@H](O)CC(F)(F)F. The average Bonchev–Trinajstić information content (AvgIpc) is 1.53. The first kappa shape index (κ1) is 11.1. The van der Waals surface area contributed by atoms with Crippen LogP contribution in [0.4, 0.5) is 13.2 Å². The Hall–Kier alpha value is 0.100. The summed E-state index contributed by atoms with van der Waals surface area (Å²) in [6.07, 6.45) is -6.66. The first-order chi connectivity index (χ1) is 4.81. The molecule has 1 N–H and O–H groups in total. The number of rotatable bonds is 3. The molecule has 0 amide bonds. The van der Waals surface area contributed by atoms with Crippen molar-refractivity contribution in [3.63, 3.8) is 0 Å². The fourth-order valence-corrected chi connectivity index (χ4v) is 0.988. The van der Waals surface area contributed by atoms with Gasteiger partial charge in [-0.2, -0.15) is 25.8 Å². The quantitative estimate of drug-likeness (QED) is 0.649. The molecular weight excluding hydrogens is 177 g/mol. The van der Waals surface area contributed by atoms with Gasteiger partial charge >= 0.3 is 6.18 Å². The lowest BCUT2D eigenvalue weighted by Crippen LogP contribution is -2.21. The maximum atomic E-state index is 11.6. The zero-order valence-corrected chi connectivity index (χ0v) is 6.99. The second-order valence-corrected chi connectivity index (χ2v) is 3.44. The van der Waals surface area contributed by atoms with Crippen molar-refractivity contribution in [2.75, 3.05) is 0 Å². The highest BCUT2D eigenvalue weighted by molar-refractivity contribution is 7.80. The Morgan fingerprint density at radius 1 is 1.45 bits per heavy atom. The Balaban J connectivity index is 3.61. The molecular formula is C6H11F3OS. The number of alkyl halides is 3. The van der Waals surface area contributed by atoms with Crippen molar-refractivity contribution in [1.82, 2.24) is 0 Å². The van der Waals surface area contributed by atoms with E-state index in [1.165, 1.54) is 0 Å². The lowest BCUT2D eigenvalue weighted by atomic mass is 10.1. The smallest absolute Gasteiger partial charge is 0.391 e. The molecule has 0 fully saturated rings. The minimum Gasteiger partial charge on any atom is -0.393 e. The normalized spacial score (nSPS) is 18.0. The second kappa shape index (κ2) is 4.21. The third kappa shape index (κ3) is 8.00. The fourth-order valence-electron chi connectivity index (χ4n) is 0.744. The molecule has 0 saturated carbocycles. The van der Waals surface area contributed by atoms with Crippen LogP contribution in [0.15, 0.2) is 0 Å². The average molecular weight is 188 g/mol. The van der Waals surface area contributed by atoms with Crippen LogP contribution in [0.1, 0.15) is 19.8 Å². The minimum atomic E-state index is -4.28. The first-order valence-corrected chi connectivity index (χ1v) is 3.76. The maximum Gasteiger partial charge on any atom is 0.391 e. The lowest BCUT2D eigenvalue weighted by Gasteiger charge is -2.14. The Bertz CT molecular complexity index is 113. The van der Waals surface area contributed by atoms with E-state index in [-0.39, 0.29) is 11.7 Å². The van der Waals surface area contributed by atoms with Gasteiger partial charge in [0, 0.05) is 5.25 Å². The second-order valence-electron chi connectivity index (χ2n) is 2.56. The van der Waals surface area contributed by atoms with Crippen LogP contribution in [0.3, 0.4) is 0 Å². The van der Waals surface area contributed by atoms with E-state index in [1.807, 2.05) is 0 Å². The van der Waals surface area contributed by atoms with Gasteiger partial charge in [0.1, 0.15) is 0 Å². The molecule has 0 rings (SSSR count). The van der Waals surface area contributed by atoms with Gasteiger partial charge in [0.2, 0.25) is 0 Å². The summed E-state index contributed by atoms with van der Waals surface area (Å²) in [6.45, 7) is 1.64. The van der Waals surface area contributed by atoms with Crippen LogP contribution in [0.25, 0.3) is 0 Å². The van der Waals surface area contributed by atoms with Crippen molar-refractivity contribution in [2.24, 2.45) is 0 Å². The van der Waals surface area contributed by atoms with Gasteiger partial charge in [-0.3, -0.25) is 0 Å². The number of aliphatic hydroxyl groups excluding tert-OH is 1. The molecule has 0 aliphatic heterocycles. The third-order valence-electron chi connectivity index (χ3n) is 1.08. The van der Waals surface area contributed by atoms with E-state index >= 15 is 0 Å². The molecule has 0 aliphatic rings. The van der Waals surface area contributed by atoms with Gasteiger partial charge in [-0.05, 0) is 6.42 Å². The molecule has 68 valence electrons. The van der Waals surface area contributed by atoms with Crippen LogP contribution >= 0.6 is 12.6 Å². The summed E-state index contributed by atoms with van der Waals surface area (Å²) < 4.78 is 34.7. The molecule has 0 heterocycles. The van der Waals surface area contributed by atoms with Crippen LogP contribution in [0.5, 0.6) is 0 Å². The van der Waals surface area contributed by atoms with Crippen molar-refractivity contribution in [3.8, 4) is 0 Å². The molecule has 0 aromatic heterocycles.